The van der Waals surface area contributed by atoms with Gasteiger partial charge in [0.15, 0.2) is 0 Å². The van der Waals surface area contributed by atoms with Crippen LogP contribution in [0.5, 0.6) is 0 Å². The fourth-order valence-electron chi connectivity index (χ4n) is 1.99. The first-order chi connectivity index (χ1) is 9.32. The molecule has 0 radical (unpaired) electrons. The van der Waals surface area contributed by atoms with Crippen molar-refractivity contribution in [2.24, 2.45) is 5.73 Å². The summed E-state index contributed by atoms with van der Waals surface area (Å²) in [6.45, 7) is 0. The van der Waals surface area contributed by atoms with Crippen molar-refractivity contribution in [1.82, 2.24) is 0 Å². The maximum Gasteiger partial charge on any atom is 0.416 e. The molecule has 0 spiro atoms. The molecule has 0 aliphatic carbocycles. The molecule has 0 aromatic heterocycles. The standard InChI is InChI=1S/C14H10BrF4N/c15-10-6-3-7-11(16)12(10)13(20)8-4-1-2-5-9(8)14(17,18)19/h1-7,13H,20H2. The highest BCUT2D eigenvalue weighted by Gasteiger charge is 2.35. The third-order valence-corrected chi connectivity index (χ3v) is 3.60. The Bertz CT molecular complexity index is 605. The molecular formula is C14H10BrF4N. The molecule has 0 aliphatic rings. The Hall–Kier alpha value is -1.40. The van der Waals surface area contributed by atoms with Crippen LogP contribution in [0.25, 0.3) is 0 Å². The fourth-order valence-corrected chi connectivity index (χ4v) is 2.58. The molecule has 1 unspecified atom stereocenters. The van der Waals surface area contributed by atoms with Crippen molar-refractivity contribution >= 4 is 15.9 Å². The van der Waals surface area contributed by atoms with Crippen molar-refractivity contribution < 1.29 is 17.6 Å². The Morgan fingerprint density at radius 1 is 1.00 bits per heavy atom. The molecule has 0 saturated heterocycles. The van der Waals surface area contributed by atoms with Crippen molar-refractivity contribution in [1.29, 1.82) is 0 Å². The van der Waals surface area contributed by atoms with Gasteiger partial charge in [-0.1, -0.05) is 40.2 Å². The highest BCUT2D eigenvalue weighted by atomic mass is 79.9. The minimum Gasteiger partial charge on any atom is -0.320 e. The first-order valence-corrected chi connectivity index (χ1v) is 6.47. The van der Waals surface area contributed by atoms with E-state index in [4.69, 9.17) is 5.73 Å². The second kappa shape index (κ2) is 5.54. The molecule has 0 heterocycles. The summed E-state index contributed by atoms with van der Waals surface area (Å²) in [5.74, 6) is -0.649. The quantitative estimate of drug-likeness (QED) is 0.786. The highest BCUT2D eigenvalue weighted by Crippen LogP contribution is 2.37. The van der Waals surface area contributed by atoms with Gasteiger partial charge in [-0.15, -0.1) is 0 Å². The number of hydrogen-bond acceptors (Lipinski definition) is 1. The van der Waals surface area contributed by atoms with E-state index in [1.165, 1.54) is 30.3 Å². The summed E-state index contributed by atoms with van der Waals surface area (Å²) in [4.78, 5) is 0. The Morgan fingerprint density at radius 3 is 2.25 bits per heavy atom. The van der Waals surface area contributed by atoms with Crippen LogP contribution in [0.15, 0.2) is 46.9 Å². The molecule has 2 N–H and O–H groups in total. The smallest absolute Gasteiger partial charge is 0.320 e. The summed E-state index contributed by atoms with van der Waals surface area (Å²) in [6, 6.07) is 7.85. The third kappa shape index (κ3) is 2.86. The van der Waals surface area contributed by atoms with E-state index in [1.807, 2.05) is 0 Å². The van der Waals surface area contributed by atoms with E-state index >= 15 is 0 Å². The molecule has 0 aliphatic heterocycles. The lowest BCUT2D eigenvalue weighted by molar-refractivity contribution is -0.138. The number of halogens is 5. The van der Waals surface area contributed by atoms with Crippen LogP contribution < -0.4 is 5.73 Å². The van der Waals surface area contributed by atoms with Crippen LogP contribution in [0.1, 0.15) is 22.7 Å². The van der Waals surface area contributed by atoms with E-state index in [0.29, 0.717) is 4.47 Å². The van der Waals surface area contributed by atoms with Gasteiger partial charge >= 0.3 is 6.18 Å². The van der Waals surface area contributed by atoms with E-state index < -0.39 is 23.6 Å². The predicted molar refractivity (Wildman–Crippen MR) is 71.6 cm³/mol. The summed E-state index contributed by atoms with van der Waals surface area (Å²) < 4.78 is 53.1. The fraction of sp³-hybridized carbons (Fsp3) is 0.143. The van der Waals surface area contributed by atoms with Gasteiger partial charge in [-0.25, -0.2) is 4.39 Å². The van der Waals surface area contributed by atoms with Gasteiger partial charge in [0.05, 0.1) is 11.6 Å². The Labute approximate surface area is 121 Å². The van der Waals surface area contributed by atoms with Gasteiger partial charge in [0.25, 0.3) is 0 Å². The molecule has 20 heavy (non-hydrogen) atoms. The van der Waals surface area contributed by atoms with Gasteiger partial charge in [-0.3, -0.25) is 0 Å². The molecule has 2 aromatic carbocycles. The minimum absolute atomic E-state index is 0.00389. The first kappa shape index (κ1) is 15.0. The van der Waals surface area contributed by atoms with Crippen LogP contribution in [-0.2, 0) is 6.18 Å². The zero-order valence-corrected chi connectivity index (χ0v) is 11.7. The molecule has 1 nitrogen and oxygen atoms in total. The second-order valence-corrected chi connectivity index (χ2v) is 5.05. The number of benzene rings is 2. The predicted octanol–water partition coefficient (Wildman–Crippen LogP) is 4.66. The monoisotopic (exact) mass is 347 g/mol. The normalized spacial score (nSPS) is 13.3. The molecule has 0 amide bonds. The zero-order valence-electron chi connectivity index (χ0n) is 10.1. The Kier molecular flexibility index (Phi) is 4.15. The SMILES string of the molecule is NC(c1ccccc1C(F)(F)F)c1c(F)cccc1Br. The van der Waals surface area contributed by atoms with Gasteiger partial charge in [0.1, 0.15) is 5.82 Å². The van der Waals surface area contributed by atoms with Gasteiger partial charge in [-0.05, 0) is 23.8 Å². The molecule has 106 valence electrons. The second-order valence-electron chi connectivity index (χ2n) is 4.20. The Morgan fingerprint density at radius 2 is 1.65 bits per heavy atom. The van der Waals surface area contributed by atoms with Crippen molar-refractivity contribution in [3.05, 3.63) is 69.4 Å². The third-order valence-electron chi connectivity index (χ3n) is 2.91. The van der Waals surface area contributed by atoms with Crippen LogP contribution >= 0.6 is 15.9 Å². The average molecular weight is 348 g/mol. The van der Waals surface area contributed by atoms with Crippen LogP contribution in [0, 0.1) is 5.82 Å². The van der Waals surface area contributed by atoms with Crippen LogP contribution in [0.2, 0.25) is 0 Å². The number of nitrogens with two attached hydrogens (primary N) is 1. The topological polar surface area (TPSA) is 26.0 Å². The van der Waals surface area contributed by atoms with E-state index in [1.54, 1.807) is 0 Å². The summed E-state index contributed by atoms with van der Waals surface area (Å²) >= 11 is 3.12. The average Bonchev–Trinajstić information content (AvgIpc) is 2.37. The van der Waals surface area contributed by atoms with Crippen LogP contribution in [0.3, 0.4) is 0 Å². The molecule has 2 rings (SSSR count). The van der Waals surface area contributed by atoms with Gasteiger partial charge in [0, 0.05) is 10.0 Å². The molecule has 2 aromatic rings. The van der Waals surface area contributed by atoms with E-state index in [-0.39, 0.29) is 11.1 Å². The molecule has 1 atom stereocenters. The maximum absolute atomic E-state index is 13.8. The minimum atomic E-state index is -4.54. The van der Waals surface area contributed by atoms with Crippen molar-refractivity contribution in [3.8, 4) is 0 Å². The highest BCUT2D eigenvalue weighted by molar-refractivity contribution is 9.10. The lowest BCUT2D eigenvalue weighted by Gasteiger charge is -2.20. The number of alkyl halides is 3. The molecule has 6 heteroatoms. The van der Waals surface area contributed by atoms with Crippen LogP contribution in [-0.4, -0.2) is 0 Å². The van der Waals surface area contributed by atoms with E-state index in [2.05, 4.69) is 15.9 Å². The summed E-state index contributed by atoms with van der Waals surface area (Å²) in [6.07, 6.45) is -4.54. The van der Waals surface area contributed by atoms with Crippen LogP contribution in [0.4, 0.5) is 17.6 Å². The first-order valence-electron chi connectivity index (χ1n) is 5.68. The van der Waals surface area contributed by atoms with E-state index in [9.17, 15) is 17.6 Å². The summed E-state index contributed by atoms with van der Waals surface area (Å²) in [5.41, 5.74) is 4.83. The summed E-state index contributed by atoms with van der Waals surface area (Å²) in [5, 5.41) is 0. The number of rotatable bonds is 2. The van der Waals surface area contributed by atoms with Gasteiger partial charge < -0.3 is 5.73 Å². The molecule has 0 fully saturated rings. The molecule has 0 saturated carbocycles. The molecule has 0 bridgehead atoms. The van der Waals surface area contributed by atoms with E-state index in [0.717, 1.165) is 12.1 Å². The summed E-state index contributed by atoms with van der Waals surface area (Å²) in [7, 11) is 0. The maximum atomic E-state index is 13.8. The van der Waals surface area contributed by atoms with Crippen molar-refractivity contribution in [2.75, 3.05) is 0 Å². The van der Waals surface area contributed by atoms with Gasteiger partial charge in [-0.2, -0.15) is 13.2 Å². The lowest BCUT2D eigenvalue weighted by Crippen LogP contribution is -2.19. The van der Waals surface area contributed by atoms with Crippen molar-refractivity contribution in [2.45, 2.75) is 12.2 Å². The van der Waals surface area contributed by atoms with Gasteiger partial charge in [0.2, 0.25) is 0 Å². The lowest BCUT2D eigenvalue weighted by atomic mass is 9.94. The van der Waals surface area contributed by atoms with Crippen molar-refractivity contribution in [3.63, 3.8) is 0 Å². The molecular weight excluding hydrogens is 338 g/mol. The Balaban J connectivity index is 2.58. The number of hydrogen-bond donors (Lipinski definition) is 1. The zero-order chi connectivity index (χ0) is 14.9. The largest absolute Gasteiger partial charge is 0.416 e.